The Kier molecular flexibility index (Phi) is 5.33. The second kappa shape index (κ2) is 7.96. The fraction of sp³-hybridized carbons (Fsp3) is 0.158. The molecule has 2 heterocycles. The highest BCUT2D eigenvalue weighted by Crippen LogP contribution is 2.41. The summed E-state index contributed by atoms with van der Waals surface area (Å²) in [6.07, 6.45) is 0. The lowest BCUT2D eigenvalue weighted by Crippen LogP contribution is -2.15. The van der Waals surface area contributed by atoms with E-state index in [9.17, 15) is 13.2 Å². The highest BCUT2D eigenvalue weighted by Gasteiger charge is 2.31. The second-order valence-corrected chi connectivity index (χ2v) is 9.39. The molecule has 4 rings (SSSR count). The molecule has 10 nitrogen and oxygen atoms in total. The minimum atomic E-state index is -4.10. The Bertz CT molecular complexity index is 1380. The predicted octanol–water partition coefficient (Wildman–Crippen LogP) is 2.83. The Morgan fingerprint density at radius 3 is 2.65 bits per heavy atom. The summed E-state index contributed by atoms with van der Waals surface area (Å²) in [5.74, 6) is 0.158. The zero-order valence-electron chi connectivity index (χ0n) is 16.7. The first-order valence-electron chi connectivity index (χ1n) is 8.90. The molecule has 0 aliphatic carbocycles. The molecule has 12 heteroatoms. The van der Waals surface area contributed by atoms with Crippen LogP contribution in [0.2, 0.25) is 0 Å². The second-order valence-electron chi connectivity index (χ2n) is 6.45. The zero-order valence-corrected chi connectivity index (χ0v) is 18.3. The number of methoxy groups -OCH3 is 2. The number of sulfone groups is 1. The van der Waals surface area contributed by atoms with Gasteiger partial charge in [-0.25, -0.2) is 8.42 Å². The predicted molar refractivity (Wildman–Crippen MR) is 114 cm³/mol. The van der Waals surface area contributed by atoms with E-state index in [1.54, 1.807) is 24.3 Å². The first-order valence-corrected chi connectivity index (χ1v) is 11.2. The van der Waals surface area contributed by atoms with Crippen LogP contribution in [-0.4, -0.2) is 49.2 Å². The number of carbonyl (C=O) groups excluding carboxylic acids is 1. The quantitative estimate of drug-likeness (QED) is 0.449. The van der Waals surface area contributed by atoms with Gasteiger partial charge in [0.1, 0.15) is 21.3 Å². The summed E-state index contributed by atoms with van der Waals surface area (Å²) in [5.41, 5.74) is 0.812. The van der Waals surface area contributed by atoms with E-state index in [-0.39, 0.29) is 20.6 Å². The summed E-state index contributed by atoms with van der Waals surface area (Å²) >= 11 is 1.05. The molecule has 0 saturated carbocycles. The van der Waals surface area contributed by atoms with Gasteiger partial charge in [0.05, 0.1) is 19.1 Å². The van der Waals surface area contributed by atoms with E-state index in [1.807, 2.05) is 6.92 Å². The molecule has 2 aromatic carbocycles. The number of aromatic amines is 1. The van der Waals surface area contributed by atoms with Crippen LogP contribution >= 0.6 is 11.3 Å². The van der Waals surface area contributed by atoms with Gasteiger partial charge in [-0.3, -0.25) is 10.1 Å². The molecule has 0 atom stereocenters. The van der Waals surface area contributed by atoms with E-state index in [0.717, 1.165) is 16.9 Å². The molecule has 0 fully saturated rings. The molecule has 2 aromatic heterocycles. The van der Waals surface area contributed by atoms with Gasteiger partial charge >= 0.3 is 0 Å². The Morgan fingerprint density at radius 1 is 1.16 bits per heavy atom. The topological polar surface area (TPSA) is 136 Å². The number of nitrogens with one attached hydrogen (secondary N) is 2. The number of H-pyrrole nitrogens is 1. The SMILES string of the molecule is COc1cccc(S(=O)(=O)c2c(C(=O)Nc3nn[nH]n3)sc3cc(C)c(OC)cc23)c1. The largest absolute Gasteiger partial charge is 0.497 e. The van der Waals surface area contributed by atoms with Crippen molar-refractivity contribution in [2.45, 2.75) is 16.7 Å². The third-order valence-corrected chi connectivity index (χ3v) is 7.67. The molecule has 2 N–H and O–H groups in total. The van der Waals surface area contributed by atoms with Gasteiger partial charge in [0.25, 0.3) is 11.9 Å². The van der Waals surface area contributed by atoms with Crippen molar-refractivity contribution in [3.8, 4) is 11.5 Å². The summed E-state index contributed by atoms with van der Waals surface area (Å²) in [6.45, 7) is 1.84. The summed E-state index contributed by atoms with van der Waals surface area (Å²) in [4.78, 5) is 12.9. The monoisotopic (exact) mass is 459 g/mol. The number of anilines is 1. The number of benzene rings is 2. The summed E-state index contributed by atoms with van der Waals surface area (Å²) in [7, 11) is -1.15. The lowest BCUT2D eigenvalue weighted by molar-refractivity contribution is 0.102. The molecule has 0 bridgehead atoms. The van der Waals surface area contributed by atoms with Crippen molar-refractivity contribution in [1.82, 2.24) is 20.6 Å². The van der Waals surface area contributed by atoms with Crippen LogP contribution in [0, 0.1) is 6.92 Å². The van der Waals surface area contributed by atoms with E-state index in [1.165, 1.54) is 26.4 Å². The van der Waals surface area contributed by atoms with Crippen molar-refractivity contribution in [2.24, 2.45) is 0 Å². The summed E-state index contributed by atoms with van der Waals surface area (Å²) < 4.78 is 38.5. The number of tetrazole rings is 1. The Balaban J connectivity index is 1.97. The summed E-state index contributed by atoms with van der Waals surface area (Å²) in [6, 6.07) is 9.48. The fourth-order valence-electron chi connectivity index (χ4n) is 3.10. The van der Waals surface area contributed by atoms with Crippen LogP contribution in [0.4, 0.5) is 5.95 Å². The first-order chi connectivity index (χ1) is 14.8. The standard InChI is InChI=1S/C19H17N5O5S2/c1-10-7-15-13(9-14(10)29-3)17(16(30-15)18(25)20-19-21-23-24-22-19)31(26,27)12-6-4-5-11(8-12)28-2/h4-9H,1-3H3,(H2,20,21,22,23,24,25). The van der Waals surface area contributed by atoms with E-state index < -0.39 is 15.7 Å². The summed E-state index contributed by atoms with van der Waals surface area (Å²) in [5, 5.41) is 15.8. The third kappa shape index (κ3) is 3.70. The maximum atomic E-state index is 13.7. The van der Waals surface area contributed by atoms with E-state index in [0.29, 0.717) is 21.6 Å². The maximum absolute atomic E-state index is 13.7. The highest BCUT2D eigenvalue weighted by molar-refractivity contribution is 7.92. The number of fused-ring (bicyclic) bond motifs is 1. The number of ether oxygens (including phenoxy) is 2. The van der Waals surface area contributed by atoms with Gasteiger partial charge < -0.3 is 9.47 Å². The molecule has 0 saturated heterocycles. The number of aryl methyl sites for hydroxylation is 1. The molecular weight excluding hydrogens is 442 g/mol. The minimum absolute atomic E-state index is 0.000275. The number of amides is 1. The van der Waals surface area contributed by atoms with Crippen LogP contribution in [0.1, 0.15) is 15.2 Å². The van der Waals surface area contributed by atoms with Crippen LogP contribution in [0.3, 0.4) is 0 Å². The maximum Gasteiger partial charge on any atom is 0.270 e. The van der Waals surface area contributed by atoms with E-state index in [2.05, 4.69) is 25.9 Å². The zero-order chi connectivity index (χ0) is 22.2. The minimum Gasteiger partial charge on any atom is -0.497 e. The van der Waals surface area contributed by atoms with Crippen molar-refractivity contribution in [1.29, 1.82) is 0 Å². The molecule has 4 aromatic rings. The number of rotatable bonds is 6. The van der Waals surface area contributed by atoms with Gasteiger partial charge in [0, 0.05) is 10.1 Å². The third-order valence-electron chi connectivity index (χ3n) is 4.56. The van der Waals surface area contributed by atoms with Gasteiger partial charge in [-0.2, -0.15) is 5.21 Å². The number of nitrogens with zero attached hydrogens (tertiary/aromatic N) is 3. The molecule has 0 unspecified atom stereocenters. The van der Waals surface area contributed by atoms with Crippen LogP contribution in [0.5, 0.6) is 11.5 Å². The Morgan fingerprint density at radius 2 is 1.97 bits per heavy atom. The molecule has 160 valence electrons. The average molecular weight is 460 g/mol. The van der Waals surface area contributed by atoms with Crippen molar-refractivity contribution in [3.63, 3.8) is 0 Å². The number of carbonyl (C=O) groups is 1. The van der Waals surface area contributed by atoms with Crippen LogP contribution in [-0.2, 0) is 9.84 Å². The molecule has 1 amide bonds. The van der Waals surface area contributed by atoms with Crippen LogP contribution < -0.4 is 14.8 Å². The molecule has 0 radical (unpaired) electrons. The van der Waals surface area contributed by atoms with Crippen molar-refractivity contribution < 1.29 is 22.7 Å². The van der Waals surface area contributed by atoms with Crippen LogP contribution in [0.25, 0.3) is 10.1 Å². The van der Waals surface area contributed by atoms with Crippen molar-refractivity contribution in [3.05, 3.63) is 46.8 Å². The number of thiophene rings is 1. The smallest absolute Gasteiger partial charge is 0.270 e. The highest BCUT2D eigenvalue weighted by atomic mass is 32.2. The number of aromatic nitrogens is 4. The van der Waals surface area contributed by atoms with Gasteiger partial charge in [0.2, 0.25) is 9.84 Å². The molecule has 0 aliphatic rings. The molecule has 0 spiro atoms. The molecule has 31 heavy (non-hydrogen) atoms. The Hall–Kier alpha value is -3.51. The van der Waals surface area contributed by atoms with Crippen molar-refractivity contribution in [2.75, 3.05) is 19.5 Å². The fourth-order valence-corrected chi connectivity index (χ4v) is 6.25. The number of hydrogen-bond acceptors (Lipinski definition) is 9. The molecule has 0 aliphatic heterocycles. The van der Waals surface area contributed by atoms with E-state index >= 15 is 0 Å². The van der Waals surface area contributed by atoms with Crippen LogP contribution in [0.15, 0.2) is 46.2 Å². The average Bonchev–Trinajstić information content (AvgIpc) is 3.40. The van der Waals surface area contributed by atoms with Gasteiger partial charge in [-0.15, -0.1) is 16.4 Å². The Labute approximate surface area is 181 Å². The lowest BCUT2D eigenvalue weighted by atomic mass is 10.1. The van der Waals surface area contributed by atoms with Crippen molar-refractivity contribution >= 4 is 43.1 Å². The number of hydrogen-bond donors (Lipinski definition) is 2. The normalized spacial score (nSPS) is 11.5. The van der Waals surface area contributed by atoms with Gasteiger partial charge in [0.15, 0.2) is 0 Å². The van der Waals surface area contributed by atoms with Gasteiger partial charge in [-0.1, -0.05) is 11.2 Å². The van der Waals surface area contributed by atoms with E-state index in [4.69, 9.17) is 9.47 Å². The first kappa shape index (κ1) is 20.8. The van der Waals surface area contributed by atoms with Gasteiger partial charge in [-0.05, 0) is 48.0 Å². The molecular formula is C19H17N5O5S2. The lowest BCUT2D eigenvalue weighted by Gasteiger charge is -2.09.